The lowest BCUT2D eigenvalue weighted by Crippen LogP contribution is -2.24. The van der Waals surface area contributed by atoms with Crippen LogP contribution in [0.5, 0.6) is 0 Å². The summed E-state index contributed by atoms with van der Waals surface area (Å²) < 4.78 is 5.86. The maximum atomic E-state index is 11.8. The minimum atomic E-state index is -0.516. The Morgan fingerprint density at radius 1 is 1.50 bits per heavy atom. The summed E-state index contributed by atoms with van der Waals surface area (Å²) in [6, 6.07) is 1.63. The van der Waals surface area contributed by atoms with Crippen molar-refractivity contribution >= 4 is 27.7 Å². The maximum absolute atomic E-state index is 11.8. The van der Waals surface area contributed by atoms with Crippen molar-refractivity contribution < 1.29 is 9.53 Å². The van der Waals surface area contributed by atoms with E-state index in [1.54, 1.807) is 13.0 Å². The first-order valence-corrected chi connectivity index (χ1v) is 5.66. The van der Waals surface area contributed by atoms with Gasteiger partial charge in [0.1, 0.15) is 11.4 Å². The molecule has 0 saturated carbocycles. The Morgan fingerprint density at radius 3 is 2.56 bits per heavy atom. The molecule has 16 heavy (non-hydrogen) atoms. The van der Waals surface area contributed by atoms with E-state index in [-0.39, 0.29) is 0 Å². The monoisotopic (exact) mass is 286 g/mol. The molecule has 0 saturated heterocycles. The lowest BCUT2D eigenvalue weighted by molar-refractivity contribution is 0.00682. The number of ether oxygens (including phenoxy) is 1. The quantitative estimate of drug-likeness (QED) is 0.806. The van der Waals surface area contributed by atoms with Crippen molar-refractivity contribution in [2.24, 2.45) is 0 Å². The Balaban J connectivity index is 3.05. The minimum Gasteiger partial charge on any atom is -0.456 e. The van der Waals surface area contributed by atoms with Crippen LogP contribution in [0.4, 0.5) is 5.82 Å². The van der Waals surface area contributed by atoms with Crippen molar-refractivity contribution in [2.45, 2.75) is 33.3 Å². The van der Waals surface area contributed by atoms with Crippen LogP contribution < -0.4 is 5.73 Å². The number of halogens is 1. The van der Waals surface area contributed by atoms with Crippen molar-refractivity contribution in [2.75, 3.05) is 5.73 Å². The van der Waals surface area contributed by atoms with Gasteiger partial charge in [-0.3, -0.25) is 0 Å². The summed E-state index contributed by atoms with van der Waals surface area (Å²) in [6.45, 7) is 7.18. The summed E-state index contributed by atoms with van der Waals surface area (Å²) in [4.78, 5) is 15.9. The molecule has 1 aromatic heterocycles. The molecule has 5 heteroatoms. The summed E-state index contributed by atoms with van der Waals surface area (Å²) in [6.07, 6.45) is 0. The standard InChI is InChI=1S/C11H15BrN2O2/c1-6-7(5-8(12)9(13)14-6)10(15)16-11(2,3)4/h5H,1-4H3,(H2,13,14). The van der Waals surface area contributed by atoms with Gasteiger partial charge in [-0.15, -0.1) is 0 Å². The van der Waals surface area contributed by atoms with Gasteiger partial charge in [0.2, 0.25) is 0 Å². The van der Waals surface area contributed by atoms with Gasteiger partial charge in [0.15, 0.2) is 0 Å². The molecule has 0 amide bonds. The Labute approximate surface area is 103 Å². The fraction of sp³-hybridized carbons (Fsp3) is 0.455. The van der Waals surface area contributed by atoms with Gasteiger partial charge in [-0.05, 0) is 49.7 Å². The molecular weight excluding hydrogens is 272 g/mol. The second-order valence-electron chi connectivity index (χ2n) is 4.49. The highest BCUT2D eigenvalue weighted by Crippen LogP contribution is 2.22. The number of pyridine rings is 1. The highest BCUT2D eigenvalue weighted by Gasteiger charge is 2.20. The zero-order chi connectivity index (χ0) is 12.5. The fourth-order valence-corrected chi connectivity index (χ4v) is 1.46. The van der Waals surface area contributed by atoms with Crippen LogP contribution in [-0.2, 0) is 4.74 Å². The van der Waals surface area contributed by atoms with E-state index < -0.39 is 11.6 Å². The SMILES string of the molecule is Cc1nc(N)c(Br)cc1C(=O)OC(C)(C)C. The number of anilines is 1. The maximum Gasteiger partial charge on any atom is 0.340 e. The summed E-state index contributed by atoms with van der Waals surface area (Å²) in [7, 11) is 0. The molecule has 0 aliphatic carbocycles. The molecule has 1 aromatic rings. The third kappa shape index (κ3) is 3.20. The van der Waals surface area contributed by atoms with Gasteiger partial charge in [-0.25, -0.2) is 9.78 Å². The number of hydrogen-bond acceptors (Lipinski definition) is 4. The van der Waals surface area contributed by atoms with Gasteiger partial charge >= 0.3 is 5.97 Å². The van der Waals surface area contributed by atoms with Crippen molar-refractivity contribution in [1.29, 1.82) is 0 Å². The van der Waals surface area contributed by atoms with E-state index in [0.717, 1.165) is 0 Å². The van der Waals surface area contributed by atoms with Gasteiger partial charge in [0.05, 0.1) is 15.7 Å². The molecule has 1 rings (SSSR count). The first kappa shape index (κ1) is 13.0. The average Bonchev–Trinajstić information content (AvgIpc) is 2.08. The Kier molecular flexibility index (Phi) is 3.57. The molecule has 0 aliphatic heterocycles. The van der Waals surface area contributed by atoms with Crippen LogP contribution in [0.3, 0.4) is 0 Å². The van der Waals surface area contributed by atoms with Crippen LogP contribution in [0.25, 0.3) is 0 Å². The third-order valence-electron chi connectivity index (χ3n) is 1.81. The predicted molar refractivity (Wildman–Crippen MR) is 66.3 cm³/mol. The van der Waals surface area contributed by atoms with Crippen LogP contribution in [-0.4, -0.2) is 16.6 Å². The van der Waals surface area contributed by atoms with Crippen LogP contribution in [0.15, 0.2) is 10.5 Å². The number of nitrogens with two attached hydrogens (primary N) is 1. The number of rotatable bonds is 1. The Morgan fingerprint density at radius 2 is 2.06 bits per heavy atom. The molecule has 0 radical (unpaired) electrons. The highest BCUT2D eigenvalue weighted by molar-refractivity contribution is 9.10. The molecule has 0 aliphatic rings. The second-order valence-corrected chi connectivity index (χ2v) is 5.34. The molecule has 4 nitrogen and oxygen atoms in total. The first-order valence-electron chi connectivity index (χ1n) is 4.86. The van der Waals surface area contributed by atoms with Gasteiger partial charge in [-0.2, -0.15) is 0 Å². The summed E-state index contributed by atoms with van der Waals surface area (Å²) in [5, 5.41) is 0. The summed E-state index contributed by atoms with van der Waals surface area (Å²) in [5.74, 6) is -0.0250. The molecule has 0 atom stereocenters. The number of carbonyl (C=O) groups is 1. The number of nitrogens with zero attached hydrogens (tertiary/aromatic N) is 1. The summed E-state index contributed by atoms with van der Waals surface area (Å²) >= 11 is 3.23. The van der Waals surface area contributed by atoms with E-state index >= 15 is 0 Å². The number of hydrogen-bond donors (Lipinski definition) is 1. The highest BCUT2D eigenvalue weighted by atomic mass is 79.9. The molecule has 0 aromatic carbocycles. The van der Waals surface area contributed by atoms with Crippen LogP contribution >= 0.6 is 15.9 Å². The number of carbonyl (C=O) groups excluding carboxylic acids is 1. The average molecular weight is 287 g/mol. The fourth-order valence-electron chi connectivity index (χ4n) is 1.14. The first-order chi connectivity index (χ1) is 7.20. The van der Waals surface area contributed by atoms with Crippen molar-refractivity contribution in [3.8, 4) is 0 Å². The largest absolute Gasteiger partial charge is 0.456 e. The van der Waals surface area contributed by atoms with Crippen molar-refractivity contribution in [1.82, 2.24) is 4.98 Å². The lowest BCUT2D eigenvalue weighted by atomic mass is 10.1. The van der Waals surface area contributed by atoms with E-state index in [9.17, 15) is 4.79 Å². The molecular formula is C11H15BrN2O2. The lowest BCUT2D eigenvalue weighted by Gasteiger charge is -2.20. The minimum absolute atomic E-state index is 0.366. The molecule has 0 spiro atoms. The van der Waals surface area contributed by atoms with E-state index in [1.807, 2.05) is 20.8 Å². The topological polar surface area (TPSA) is 65.2 Å². The number of nitrogen functional groups attached to an aromatic ring is 1. The molecule has 88 valence electrons. The molecule has 0 fully saturated rings. The second kappa shape index (κ2) is 4.41. The molecule has 0 unspecified atom stereocenters. The number of aryl methyl sites for hydroxylation is 1. The Bertz CT molecular complexity index is 425. The third-order valence-corrected chi connectivity index (χ3v) is 2.45. The van der Waals surface area contributed by atoms with E-state index in [4.69, 9.17) is 10.5 Å². The molecule has 0 bridgehead atoms. The van der Waals surface area contributed by atoms with Gasteiger partial charge in [0, 0.05) is 0 Å². The van der Waals surface area contributed by atoms with Gasteiger partial charge in [0.25, 0.3) is 0 Å². The normalized spacial score (nSPS) is 11.3. The zero-order valence-electron chi connectivity index (χ0n) is 9.80. The number of aromatic nitrogens is 1. The predicted octanol–water partition coefficient (Wildman–Crippen LogP) is 2.69. The van der Waals surface area contributed by atoms with Gasteiger partial charge in [-0.1, -0.05) is 0 Å². The van der Waals surface area contributed by atoms with Crippen LogP contribution in [0, 0.1) is 6.92 Å². The summed E-state index contributed by atoms with van der Waals surface area (Å²) in [5.41, 5.74) is 6.08. The van der Waals surface area contributed by atoms with E-state index in [1.165, 1.54) is 0 Å². The van der Waals surface area contributed by atoms with E-state index in [2.05, 4.69) is 20.9 Å². The van der Waals surface area contributed by atoms with E-state index in [0.29, 0.717) is 21.5 Å². The molecule has 1 heterocycles. The van der Waals surface area contributed by atoms with Crippen molar-refractivity contribution in [3.63, 3.8) is 0 Å². The Hall–Kier alpha value is -1.10. The number of esters is 1. The van der Waals surface area contributed by atoms with Crippen molar-refractivity contribution in [3.05, 3.63) is 21.8 Å². The zero-order valence-corrected chi connectivity index (χ0v) is 11.4. The van der Waals surface area contributed by atoms with Crippen LogP contribution in [0.2, 0.25) is 0 Å². The molecule has 2 N–H and O–H groups in total. The smallest absolute Gasteiger partial charge is 0.340 e. The van der Waals surface area contributed by atoms with Crippen LogP contribution in [0.1, 0.15) is 36.8 Å². The van der Waals surface area contributed by atoms with Gasteiger partial charge < -0.3 is 10.5 Å².